The van der Waals surface area contributed by atoms with Crippen LogP contribution >= 0.6 is 0 Å². The molecule has 1 saturated heterocycles. The van der Waals surface area contributed by atoms with Gasteiger partial charge in [-0.3, -0.25) is 0 Å². The molecule has 0 spiro atoms. The molecule has 0 aromatic carbocycles. The van der Waals surface area contributed by atoms with Crippen LogP contribution in [0, 0.1) is 5.92 Å². The van der Waals surface area contributed by atoms with Crippen molar-refractivity contribution < 1.29 is 19.4 Å². The fourth-order valence-electron chi connectivity index (χ4n) is 1.27. The lowest BCUT2D eigenvalue weighted by Crippen LogP contribution is -2.43. The number of hydrogen-bond donors (Lipinski definition) is 2. The van der Waals surface area contributed by atoms with Gasteiger partial charge in [-0.2, -0.15) is 0 Å². The van der Waals surface area contributed by atoms with Crippen molar-refractivity contribution in [1.82, 2.24) is 5.32 Å². The molecule has 1 heterocycles. The summed E-state index contributed by atoms with van der Waals surface area (Å²) < 4.78 is 9.95. The molecule has 0 bridgehead atoms. The van der Waals surface area contributed by atoms with Gasteiger partial charge in [-0.25, -0.2) is 4.79 Å². The molecule has 0 aliphatic carbocycles. The smallest absolute Gasteiger partial charge is 0.407 e. The van der Waals surface area contributed by atoms with Crippen LogP contribution in [-0.2, 0) is 9.47 Å². The Morgan fingerprint density at radius 2 is 2.40 bits per heavy atom. The molecule has 1 aliphatic rings. The fraction of sp³-hybridized carbons (Fsp3) is 0.900. The van der Waals surface area contributed by atoms with E-state index in [-0.39, 0.29) is 13.2 Å². The molecule has 2 N–H and O–H groups in total. The zero-order chi connectivity index (χ0) is 11.3. The molecule has 1 unspecified atom stereocenters. The fourth-order valence-corrected chi connectivity index (χ4v) is 1.27. The summed E-state index contributed by atoms with van der Waals surface area (Å²) in [6, 6.07) is 0. The van der Waals surface area contributed by atoms with Gasteiger partial charge in [-0.05, 0) is 5.92 Å². The lowest BCUT2D eigenvalue weighted by molar-refractivity contribution is 0.0255. The monoisotopic (exact) mass is 217 g/mol. The van der Waals surface area contributed by atoms with Crippen molar-refractivity contribution in [2.24, 2.45) is 5.92 Å². The van der Waals surface area contributed by atoms with Crippen molar-refractivity contribution >= 4 is 6.09 Å². The van der Waals surface area contributed by atoms with E-state index in [1.807, 2.05) is 13.8 Å². The zero-order valence-corrected chi connectivity index (χ0v) is 9.28. The van der Waals surface area contributed by atoms with E-state index < -0.39 is 11.7 Å². The van der Waals surface area contributed by atoms with E-state index in [2.05, 4.69) is 5.32 Å². The third-order valence-corrected chi connectivity index (χ3v) is 2.19. The number of nitrogens with one attached hydrogen (secondary N) is 1. The second-order valence-corrected chi connectivity index (χ2v) is 4.37. The Morgan fingerprint density at radius 1 is 1.67 bits per heavy atom. The van der Waals surface area contributed by atoms with E-state index >= 15 is 0 Å². The molecule has 1 fully saturated rings. The lowest BCUT2D eigenvalue weighted by atomic mass is 10.0. The Bertz CT molecular complexity index is 211. The molecular formula is C10H19NO4. The van der Waals surface area contributed by atoms with Gasteiger partial charge in [0, 0.05) is 13.0 Å². The van der Waals surface area contributed by atoms with Gasteiger partial charge in [0.25, 0.3) is 0 Å². The average molecular weight is 217 g/mol. The predicted molar refractivity (Wildman–Crippen MR) is 54.6 cm³/mol. The largest absolute Gasteiger partial charge is 0.449 e. The van der Waals surface area contributed by atoms with Gasteiger partial charge in [0.2, 0.25) is 0 Å². The number of hydrogen-bond acceptors (Lipinski definition) is 4. The molecule has 0 aromatic heterocycles. The SMILES string of the molecule is CC(C)COC(=O)NCC1(O)CCOC1. The Labute approximate surface area is 89.8 Å². The summed E-state index contributed by atoms with van der Waals surface area (Å²) in [4.78, 5) is 11.2. The van der Waals surface area contributed by atoms with Crippen LogP contribution in [0.25, 0.3) is 0 Å². The van der Waals surface area contributed by atoms with Crippen molar-refractivity contribution in [3.05, 3.63) is 0 Å². The highest BCUT2D eigenvalue weighted by molar-refractivity contribution is 5.67. The Morgan fingerprint density at radius 3 is 2.93 bits per heavy atom. The van der Waals surface area contributed by atoms with Gasteiger partial charge >= 0.3 is 6.09 Å². The van der Waals surface area contributed by atoms with Crippen molar-refractivity contribution in [3.8, 4) is 0 Å². The van der Waals surface area contributed by atoms with E-state index in [4.69, 9.17) is 9.47 Å². The maximum absolute atomic E-state index is 11.2. The van der Waals surface area contributed by atoms with Crippen LogP contribution in [-0.4, -0.2) is 43.2 Å². The average Bonchev–Trinajstić information content (AvgIpc) is 2.60. The molecule has 15 heavy (non-hydrogen) atoms. The van der Waals surface area contributed by atoms with E-state index in [1.165, 1.54) is 0 Å². The second-order valence-electron chi connectivity index (χ2n) is 4.37. The number of aliphatic hydroxyl groups is 1. The van der Waals surface area contributed by atoms with Gasteiger partial charge < -0.3 is 19.9 Å². The first-order valence-corrected chi connectivity index (χ1v) is 5.23. The van der Waals surface area contributed by atoms with Crippen LogP contribution in [0.2, 0.25) is 0 Å². The Hall–Kier alpha value is -0.810. The minimum absolute atomic E-state index is 0.184. The summed E-state index contributed by atoms with van der Waals surface area (Å²) in [5.41, 5.74) is -0.920. The number of carbonyl (C=O) groups excluding carboxylic acids is 1. The summed E-state index contributed by atoms with van der Waals surface area (Å²) in [5, 5.41) is 12.4. The van der Waals surface area contributed by atoms with Gasteiger partial charge in [0.15, 0.2) is 0 Å². The van der Waals surface area contributed by atoms with Crippen LogP contribution in [0.1, 0.15) is 20.3 Å². The van der Waals surface area contributed by atoms with Crippen molar-refractivity contribution in [3.63, 3.8) is 0 Å². The molecule has 1 atom stereocenters. The molecule has 5 heteroatoms. The first kappa shape index (κ1) is 12.3. The van der Waals surface area contributed by atoms with Gasteiger partial charge in [-0.15, -0.1) is 0 Å². The molecule has 0 aromatic rings. The Kier molecular flexibility index (Phi) is 4.35. The van der Waals surface area contributed by atoms with E-state index in [1.54, 1.807) is 0 Å². The van der Waals surface area contributed by atoms with E-state index in [0.717, 1.165) is 0 Å². The molecule has 0 saturated carbocycles. The third kappa shape index (κ3) is 4.48. The molecule has 1 amide bonds. The minimum Gasteiger partial charge on any atom is -0.449 e. The van der Waals surface area contributed by atoms with Crippen LogP contribution < -0.4 is 5.32 Å². The maximum atomic E-state index is 11.2. The van der Waals surface area contributed by atoms with Crippen molar-refractivity contribution in [2.45, 2.75) is 25.9 Å². The molecular weight excluding hydrogens is 198 g/mol. The highest BCUT2D eigenvalue weighted by atomic mass is 16.5. The summed E-state index contributed by atoms with van der Waals surface area (Å²) in [6.45, 7) is 5.32. The number of alkyl carbamates (subject to hydrolysis) is 1. The van der Waals surface area contributed by atoms with Crippen LogP contribution in [0.4, 0.5) is 4.79 Å². The molecule has 88 valence electrons. The standard InChI is InChI=1S/C10H19NO4/c1-8(2)5-15-9(12)11-6-10(13)3-4-14-7-10/h8,13H,3-7H2,1-2H3,(H,11,12). The second kappa shape index (κ2) is 5.32. The normalized spacial score (nSPS) is 25.6. The lowest BCUT2D eigenvalue weighted by Gasteiger charge is -2.20. The number of ether oxygens (including phenoxy) is 2. The quantitative estimate of drug-likeness (QED) is 0.720. The van der Waals surface area contributed by atoms with Gasteiger partial charge in [0.1, 0.15) is 5.60 Å². The van der Waals surface area contributed by atoms with E-state index in [9.17, 15) is 9.90 Å². The molecule has 5 nitrogen and oxygen atoms in total. The highest BCUT2D eigenvalue weighted by Gasteiger charge is 2.32. The summed E-state index contributed by atoms with van der Waals surface area (Å²) in [7, 11) is 0. The molecule has 0 radical (unpaired) electrons. The summed E-state index contributed by atoms with van der Waals surface area (Å²) in [5.74, 6) is 0.314. The summed E-state index contributed by atoms with van der Waals surface area (Å²) in [6.07, 6.45) is 0.0707. The maximum Gasteiger partial charge on any atom is 0.407 e. The highest BCUT2D eigenvalue weighted by Crippen LogP contribution is 2.16. The number of amides is 1. The summed E-state index contributed by atoms with van der Waals surface area (Å²) >= 11 is 0. The van der Waals surface area contributed by atoms with E-state index in [0.29, 0.717) is 25.6 Å². The van der Waals surface area contributed by atoms with Crippen LogP contribution in [0.15, 0.2) is 0 Å². The number of rotatable bonds is 4. The van der Waals surface area contributed by atoms with Crippen LogP contribution in [0.3, 0.4) is 0 Å². The predicted octanol–water partition coefficient (Wildman–Crippen LogP) is 0.520. The Balaban J connectivity index is 2.16. The third-order valence-electron chi connectivity index (χ3n) is 2.19. The van der Waals surface area contributed by atoms with Crippen molar-refractivity contribution in [2.75, 3.05) is 26.4 Å². The topological polar surface area (TPSA) is 67.8 Å². The van der Waals surface area contributed by atoms with Crippen molar-refractivity contribution in [1.29, 1.82) is 0 Å². The number of carbonyl (C=O) groups is 1. The van der Waals surface area contributed by atoms with Gasteiger partial charge in [-0.1, -0.05) is 13.8 Å². The van der Waals surface area contributed by atoms with Gasteiger partial charge in [0.05, 0.1) is 19.8 Å². The molecule has 1 rings (SSSR count). The zero-order valence-electron chi connectivity index (χ0n) is 9.28. The molecule has 1 aliphatic heterocycles. The first-order chi connectivity index (χ1) is 7.02. The van der Waals surface area contributed by atoms with Crippen LogP contribution in [0.5, 0.6) is 0 Å². The minimum atomic E-state index is -0.920. The first-order valence-electron chi connectivity index (χ1n) is 5.23.